The van der Waals surface area contributed by atoms with Crippen LogP contribution >= 0.6 is 23.4 Å². The van der Waals surface area contributed by atoms with Gasteiger partial charge in [0.1, 0.15) is 0 Å². The molecule has 10 heavy (non-hydrogen) atoms. The van der Waals surface area contributed by atoms with Crippen LogP contribution in [0.2, 0.25) is 0 Å². The molecule has 1 fully saturated rings. The Morgan fingerprint density at radius 1 is 1.80 bits per heavy atom. The lowest BCUT2D eigenvalue weighted by molar-refractivity contribution is -0.128. The molecule has 4 heteroatoms. The van der Waals surface area contributed by atoms with Gasteiger partial charge in [0.25, 0.3) is 0 Å². The number of thioether (sulfide) groups is 1. The Balaban J connectivity index is 2.39. The number of carbonyl (C=O) groups excluding carboxylic acids is 1. The van der Waals surface area contributed by atoms with Crippen LogP contribution in [0.25, 0.3) is 0 Å². The first-order valence-electron chi connectivity index (χ1n) is 3.21. The van der Waals surface area contributed by atoms with Gasteiger partial charge < -0.3 is 4.90 Å². The standard InChI is InChI=1S/C6H10ClNOS/c1-5(9)8-2-3-10-6(7)4-8/h6H,2-4H2,1H3. The minimum absolute atomic E-state index is 0.0950. The predicted molar refractivity (Wildman–Crippen MR) is 44.4 cm³/mol. The van der Waals surface area contributed by atoms with Gasteiger partial charge in [-0.15, -0.1) is 23.4 Å². The van der Waals surface area contributed by atoms with Crippen molar-refractivity contribution in [2.45, 2.75) is 11.6 Å². The molecule has 0 spiro atoms. The molecule has 1 heterocycles. The van der Waals surface area contributed by atoms with Crippen molar-refractivity contribution in [2.24, 2.45) is 0 Å². The van der Waals surface area contributed by atoms with Gasteiger partial charge in [0, 0.05) is 25.8 Å². The van der Waals surface area contributed by atoms with Crippen LogP contribution < -0.4 is 0 Å². The number of halogens is 1. The summed E-state index contributed by atoms with van der Waals surface area (Å²) in [6, 6.07) is 0. The molecule has 1 amide bonds. The van der Waals surface area contributed by atoms with Crippen LogP contribution in [0.1, 0.15) is 6.92 Å². The lowest BCUT2D eigenvalue weighted by atomic mass is 10.5. The number of hydrogen-bond acceptors (Lipinski definition) is 2. The normalized spacial score (nSPS) is 26.6. The fraction of sp³-hybridized carbons (Fsp3) is 0.833. The van der Waals surface area contributed by atoms with E-state index in [9.17, 15) is 4.79 Å². The van der Waals surface area contributed by atoms with Gasteiger partial charge in [0.15, 0.2) is 0 Å². The molecule has 1 rings (SSSR count). The zero-order valence-corrected chi connectivity index (χ0v) is 7.41. The molecule has 1 atom stereocenters. The van der Waals surface area contributed by atoms with Gasteiger partial charge in [-0.05, 0) is 0 Å². The predicted octanol–water partition coefficient (Wildman–Crippen LogP) is 1.15. The van der Waals surface area contributed by atoms with Gasteiger partial charge in [-0.1, -0.05) is 0 Å². The summed E-state index contributed by atoms with van der Waals surface area (Å²) < 4.78 is 0.0950. The van der Waals surface area contributed by atoms with Gasteiger partial charge >= 0.3 is 0 Å². The zero-order valence-electron chi connectivity index (χ0n) is 5.84. The number of rotatable bonds is 0. The third kappa shape index (κ3) is 2.06. The first kappa shape index (κ1) is 8.21. The molecule has 0 saturated carbocycles. The molecule has 0 aliphatic carbocycles. The number of amides is 1. The maximum absolute atomic E-state index is 10.8. The molecule has 1 unspecified atom stereocenters. The Labute approximate surface area is 69.9 Å². The molecule has 1 aliphatic rings. The van der Waals surface area contributed by atoms with E-state index in [1.54, 1.807) is 23.6 Å². The number of nitrogens with zero attached hydrogens (tertiary/aromatic N) is 1. The summed E-state index contributed by atoms with van der Waals surface area (Å²) in [5.74, 6) is 1.10. The van der Waals surface area contributed by atoms with E-state index >= 15 is 0 Å². The van der Waals surface area contributed by atoms with Crippen molar-refractivity contribution in [3.8, 4) is 0 Å². The van der Waals surface area contributed by atoms with Crippen LogP contribution in [0.15, 0.2) is 0 Å². The van der Waals surface area contributed by atoms with Crippen LogP contribution in [0.4, 0.5) is 0 Å². The molecule has 1 saturated heterocycles. The van der Waals surface area contributed by atoms with E-state index in [4.69, 9.17) is 11.6 Å². The SMILES string of the molecule is CC(=O)N1CCSC(Cl)C1. The van der Waals surface area contributed by atoms with E-state index in [2.05, 4.69) is 0 Å². The quantitative estimate of drug-likeness (QED) is 0.520. The lowest BCUT2D eigenvalue weighted by Crippen LogP contribution is -2.38. The fourth-order valence-corrected chi connectivity index (χ4v) is 2.19. The highest BCUT2D eigenvalue weighted by molar-refractivity contribution is 8.01. The summed E-state index contributed by atoms with van der Waals surface area (Å²) in [4.78, 5) is 12.6. The smallest absolute Gasteiger partial charge is 0.219 e. The highest BCUT2D eigenvalue weighted by Crippen LogP contribution is 2.21. The Bertz CT molecular complexity index is 142. The number of alkyl halides is 1. The van der Waals surface area contributed by atoms with Crippen LogP contribution in [-0.2, 0) is 4.79 Å². The minimum atomic E-state index is 0.0950. The molecule has 0 radical (unpaired) electrons. The van der Waals surface area contributed by atoms with E-state index < -0.39 is 0 Å². The topological polar surface area (TPSA) is 20.3 Å². The number of hydrogen-bond donors (Lipinski definition) is 0. The molecule has 0 N–H and O–H groups in total. The first-order chi connectivity index (χ1) is 4.70. The second-order valence-electron chi connectivity index (χ2n) is 2.25. The van der Waals surface area contributed by atoms with E-state index in [-0.39, 0.29) is 10.6 Å². The van der Waals surface area contributed by atoms with Crippen LogP contribution in [-0.4, -0.2) is 34.4 Å². The van der Waals surface area contributed by atoms with Crippen LogP contribution in [0, 0.1) is 0 Å². The highest BCUT2D eigenvalue weighted by Gasteiger charge is 2.19. The van der Waals surface area contributed by atoms with Crippen molar-refractivity contribution in [3.63, 3.8) is 0 Å². The third-order valence-electron chi connectivity index (χ3n) is 1.47. The van der Waals surface area contributed by atoms with E-state index in [1.807, 2.05) is 0 Å². The van der Waals surface area contributed by atoms with Gasteiger partial charge in [-0.2, -0.15) is 0 Å². The van der Waals surface area contributed by atoms with E-state index in [0.717, 1.165) is 12.3 Å². The summed E-state index contributed by atoms with van der Waals surface area (Å²) in [6.45, 7) is 3.13. The van der Waals surface area contributed by atoms with Gasteiger partial charge in [0.05, 0.1) is 4.71 Å². The van der Waals surface area contributed by atoms with Crippen molar-refractivity contribution in [3.05, 3.63) is 0 Å². The second kappa shape index (κ2) is 3.49. The Morgan fingerprint density at radius 2 is 2.50 bits per heavy atom. The van der Waals surface area contributed by atoms with E-state index in [0.29, 0.717) is 6.54 Å². The maximum atomic E-state index is 10.8. The van der Waals surface area contributed by atoms with Crippen molar-refractivity contribution in [1.29, 1.82) is 0 Å². The van der Waals surface area contributed by atoms with Gasteiger partial charge in [-0.25, -0.2) is 0 Å². The van der Waals surface area contributed by atoms with Crippen molar-refractivity contribution in [1.82, 2.24) is 4.90 Å². The van der Waals surface area contributed by atoms with E-state index in [1.165, 1.54) is 0 Å². The average Bonchev–Trinajstić information content (AvgIpc) is 1.88. The fourth-order valence-electron chi connectivity index (χ4n) is 0.894. The number of carbonyl (C=O) groups is 1. The van der Waals surface area contributed by atoms with Crippen molar-refractivity contribution in [2.75, 3.05) is 18.8 Å². The summed E-state index contributed by atoms with van der Waals surface area (Å²) in [6.07, 6.45) is 0. The van der Waals surface area contributed by atoms with Crippen LogP contribution in [0.3, 0.4) is 0 Å². The largest absolute Gasteiger partial charge is 0.340 e. The molecule has 0 aromatic rings. The summed E-state index contributed by atoms with van der Waals surface area (Å²) >= 11 is 7.54. The van der Waals surface area contributed by atoms with Gasteiger partial charge in [-0.3, -0.25) is 4.79 Å². The van der Waals surface area contributed by atoms with Gasteiger partial charge in [0.2, 0.25) is 5.91 Å². The highest BCUT2D eigenvalue weighted by atomic mass is 35.5. The van der Waals surface area contributed by atoms with Crippen molar-refractivity contribution >= 4 is 29.3 Å². The Morgan fingerprint density at radius 3 is 2.90 bits per heavy atom. The Hall–Kier alpha value is 0.110. The summed E-state index contributed by atoms with van der Waals surface area (Å²) in [5, 5.41) is 0. The maximum Gasteiger partial charge on any atom is 0.219 e. The lowest BCUT2D eigenvalue weighted by Gasteiger charge is -2.28. The molecule has 58 valence electrons. The monoisotopic (exact) mass is 179 g/mol. The minimum Gasteiger partial charge on any atom is -0.340 e. The van der Waals surface area contributed by atoms with Crippen molar-refractivity contribution < 1.29 is 4.79 Å². The molecule has 0 aromatic heterocycles. The molecule has 2 nitrogen and oxygen atoms in total. The Kier molecular flexibility index (Phi) is 2.86. The summed E-state index contributed by atoms with van der Waals surface area (Å²) in [7, 11) is 0. The zero-order chi connectivity index (χ0) is 7.56. The summed E-state index contributed by atoms with van der Waals surface area (Å²) in [5.41, 5.74) is 0. The molecule has 0 aromatic carbocycles. The molecular formula is C6H10ClNOS. The third-order valence-corrected chi connectivity index (χ3v) is 2.91. The average molecular weight is 180 g/mol. The first-order valence-corrected chi connectivity index (χ1v) is 4.70. The molecule has 1 aliphatic heterocycles. The molecular weight excluding hydrogens is 170 g/mol. The second-order valence-corrected chi connectivity index (χ2v) is 4.34. The molecule has 0 bridgehead atoms. The van der Waals surface area contributed by atoms with Crippen LogP contribution in [0.5, 0.6) is 0 Å².